The van der Waals surface area contributed by atoms with Gasteiger partial charge in [-0.2, -0.15) is 0 Å². The maximum Gasteiger partial charge on any atom is -0.0178 e. The average Bonchev–Trinajstić information content (AvgIpc) is 2.62. The van der Waals surface area contributed by atoms with Crippen LogP contribution in [0, 0.1) is 6.92 Å². The predicted octanol–water partition coefficient (Wildman–Crippen LogP) is 7.05. The van der Waals surface area contributed by atoms with Gasteiger partial charge in [0.15, 0.2) is 0 Å². The minimum absolute atomic E-state index is 1.08. The molecule has 0 aliphatic rings. The molecule has 0 heteroatoms. The Morgan fingerprint density at radius 2 is 1.43 bits per heavy atom. The third-order valence-corrected chi connectivity index (χ3v) is 4.14. The summed E-state index contributed by atoms with van der Waals surface area (Å²) in [5.41, 5.74) is 6.39. The second-order valence-electron chi connectivity index (χ2n) is 5.53. The van der Waals surface area contributed by atoms with Crippen LogP contribution in [0.3, 0.4) is 0 Å². The summed E-state index contributed by atoms with van der Waals surface area (Å²) in [5.74, 6) is 0. The van der Waals surface area contributed by atoms with Gasteiger partial charge in [-0.15, -0.1) is 0 Å². The van der Waals surface area contributed by atoms with E-state index in [0.29, 0.717) is 0 Å². The lowest BCUT2D eigenvalue weighted by molar-refractivity contribution is 1.15. The highest BCUT2D eigenvalue weighted by molar-refractivity contribution is 5.88. The summed E-state index contributed by atoms with van der Waals surface area (Å²) in [6, 6.07) is 20.0. The van der Waals surface area contributed by atoms with Crippen LogP contribution < -0.4 is 0 Å². The van der Waals surface area contributed by atoms with Crippen LogP contribution in [0.15, 0.2) is 61.2 Å². The highest BCUT2D eigenvalue weighted by Gasteiger charge is 2.03. The van der Waals surface area contributed by atoms with Crippen molar-refractivity contribution in [3.8, 4) is 11.1 Å². The van der Waals surface area contributed by atoms with E-state index in [2.05, 4.69) is 75.0 Å². The van der Waals surface area contributed by atoms with Gasteiger partial charge in [0.1, 0.15) is 0 Å². The molecule has 3 aromatic carbocycles. The molecule has 0 bridgehead atoms. The largest absolute Gasteiger partial charge is 0.0985 e. The predicted molar refractivity (Wildman–Crippen MR) is 105 cm³/mol. The number of rotatable bonds is 3. The maximum absolute atomic E-state index is 3.85. The summed E-state index contributed by atoms with van der Waals surface area (Å²) in [6.07, 6.45) is 2.99. The third kappa shape index (κ3) is 3.71. The summed E-state index contributed by atoms with van der Waals surface area (Å²) in [6.45, 7) is 12.2. The zero-order valence-electron chi connectivity index (χ0n) is 14.7. The van der Waals surface area contributed by atoms with Crippen LogP contribution in [0.2, 0.25) is 0 Å². The van der Waals surface area contributed by atoms with Gasteiger partial charge in [-0.3, -0.25) is 0 Å². The van der Waals surface area contributed by atoms with Crippen molar-refractivity contribution in [3.63, 3.8) is 0 Å². The summed E-state index contributed by atoms with van der Waals surface area (Å²) >= 11 is 0. The van der Waals surface area contributed by atoms with Crippen LogP contribution in [0.5, 0.6) is 0 Å². The minimum atomic E-state index is 1.08. The summed E-state index contributed by atoms with van der Waals surface area (Å²) in [5, 5.41) is 2.62. The fourth-order valence-corrected chi connectivity index (χ4v) is 2.78. The fraction of sp³-hybridized carbons (Fsp3) is 0.217. The SMILES string of the molecule is C=Cc1ccc(-c2ccc3cc(CC)ccc3c2)cc1C.CC. The van der Waals surface area contributed by atoms with E-state index in [-0.39, 0.29) is 0 Å². The molecule has 0 fully saturated rings. The molecule has 0 spiro atoms. The molecule has 0 aliphatic heterocycles. The molecule has 0 saturated carbocycles. The number of fused-ring (bicyclic) bond motifs is 1. The molecule has 0 nitrogen and oxygen atoms in total. The molecule has 0 radical (unpaired) electrons. The van der Waals surface area contributed by atoms with Crippen molar-refractivity contribution in [2.45, 2.75) is 34.1 Å². The van der Waals surface area contributed by atoms with Crippen LogP contribution in [-0.4, -0.2) is 0 Å². The van der Waals surface area contributed by atoms with Gasteiger partial charge in [0, 0.05) is 0 Å². The van der Waals surface area contributed by atoms with E-state index in [0.717, 1.165) is 6.42 Å². The Kier molecular flexibility index (Phi) is 5.76. The third-order valence-electron chi connectivity index (χ3n) is 4.14. The standard InChI is InChI=1S/C21H20.C2H6/c1-4-16-6-7-20-14-21(11-10-19(20)13-16)18-9-8-17(5-2)15(3)12-18;1-2/h5-14H,2,4H2,1,3H3;1-2H3. The Hall–Kier alpha value is -2.34. The van der Waals surface area contributed by atoms with Crippen molar-refractivity contribution in [2.75, 3.05) is 0 Å². The summed E-state index contributed by atoms with van der Waals surface area (Å²) in [4.78, 5) is 0. The molecule has 3 rings (SSSR count). The van der Waals surface area contributed by atoms with Crippen LogP contribution in [-0.2, 0) is 6.42 Å². The van der Waals surface area contributed by atoms with Crippen molar-refractivity contribution < 1.29 is 0 Å². The normalized spacial score (nSPS) is 10.1. The smallest absolute Gasteiger partial charge is 0.0178 e. The van der Waals surface area contributed by atoms with E-state index in [4.69, 9.17) is 0 Å². The van der Waals surface area contributed by atoms with E-state index < -0.39 is 0 Å². The summed E-state index contributed by atoms with van der Waals surface area (Å²) < 4.78 is 0. The van der Waals surface area contributed by atoms with Crippen LogP contribution in [0.25, 0.3) is 28.0 Å². The molecule has 3 aromatic rings. The van der Waals surface area contributed by atoms with E-state index in [9.17, 15) is 0 Å². The zero-order chi connectivity index (χ0) is 16.8. The topological polar surface area (TPSA) is 0 Å². The van der Waals surface area contributed by atoms with Crippen molar-refractivity contribution in [3.05, 3.63) is 77.9 Å². The van der Waals surface area contributed by atoms with Gasteiger partial charge in [0.25, 0.3) is 0 Å². The van der Waals surface area contributed by atoms with E-state index in [1.165, 1.54) is 38.6 Å². The zero-order valence-corrected chi connectivity index (χ0v) is 14.7. The van der Waals surface area contributed by atoms with Crippen molar-refractivity contribution >= 4 is 16.8 Å². The first kappa shape index (κ1) is 17.0. The average molecular weight is 302 g/mol. The van der Waals surface area contributed by atoms with Crippen LogP contribution >= 0.6 is 0 Å². The van der Waals surface area contributed by atoms with Gasteiger partial charge in [0.2, 0.25) is 0 Å². The molecule has 0 aliphatic carbocycles. The second kappa shape index (κ2) is 7.78. The lowest BCUT2D eigenvalue weighted by Gasteiger charge is -2.08. The quantitative estimate of drug-likeness (QED) is 0.486. The molecule has 23 heavy (non-hydrogen) atoms. The molecular formula is C23H26. The maximum atomic E-state index is 3.85. The highest BCUT2D eigenvalue weighted by Crippen LogP contribution is 2.27. The first-order valence-electron chi connectivity index (χ1n) is 8.47. The van der Waals surface area contributed by atoms with Gasteiger partial charge >= 0.3 is 0 Å². The first-order valence-corrected chi connectivity index (χ1v) is 8.47. The Labute approximate surface area is 140 Å². The molecule has 0 aromatic heterocycles. The van der Waals surface area contributed by atoms with Gasteiger partial charge in [-0.25, -0.2) is 0 Å². The molecule has 0 N–H and O–H groups in total. The molecular weight excluding hydrogens is 276 g/mol. The Bertz CT molecular complexity index is 809. The molecule has 0 atom stereocenters. The monoisotopic (exact) mass is 302 g/mol. The number of hydrogen-bond acceptors (Lipinski definition) is 0. The van der Waals surface area contributed by atoms with E-state index in [1.807, 2.05) is 19.9 Å². The second-order valence-corrected chi connectivity index (χ2v) is 5.53. The van der Waals surface area contributed by atoms with E-state index in [1.54, 1.807) is 0 Å². The van der Waals surface area contributed by atoms with Crippen molar-refractivity contribution in [2.24, 2.45) is 0 Å². The van der Waals surface area contributed by atoms with Gasteiger partial charge in [-0.05, 0) is 58.0 Å². The Morgan fingerprint density at radius 3 is 2.09 bits per heavy atom. The molecule has 0 saturated heterocycles. The van der Waals surface area contributed by atoms with Crippen LogP contribution in [0.1, 0.15) is 37.5 Å². The lowest BCUT2D eigenvalue weighted by atomic mass is 9.97. The lowest BCUT2D eigenvalue weighted by Crippen LogP contribution is -1.85. The number of hydrogen-bond donors (Lipinski definition) is 0. The highest BCUT2D eigenvalue weighted by atomic mass is 14.1. The van der Waals surface area contributed by atoms with Gasteiger partial charge in [0.05, 0.1) is 0 Å². The minimum Gasteiger partial charge on any atom is -0.0985 e. The molecule has 0 amide bonds. The summed E-state index contributed by atoms with van der Waals surface area (Å²) in [7, 11) is 0. The van der Waals surface area contributed by atoms with Gasteiger partial charge < -0.3 is 0 Å². The fourth-order valence-electron chi connectivity index (χ4n) is 2.78. The molecule has 0 unspecified atom stereocenters. The molecule has 0 heterocycles. The van der Waals surface area contributed by atoms with Crippen molar-refractivity contribution in [1.82, 2.24) is 0 Å². The molecule has 118 valence electrons. The van der Waals surface area contributed by atoms with E-state index >= 15 is 0 Å². The van der Waals surface area contributed by atoms with Crippen LogP contribution in [0.4, 0.5) is 0 Å². The number of benzene rings is 3. The first-order chi connectivity index (χ1) is 11.2. The Balaban J connectivity index is 0.000000924. The van der Waals surface area contributed by atoms with Gasteiger partial charge in [-0.1, -0.05) is 82.0 Å². The number of aryl methyl sites for hydroxylation is 2. The Morgan fingerprint density at radius 1 is 0.826 bits per heavy atom. The van der Waals surface area contributed by atoms with Crippen molar-refractivity contribution in [1.29, 1.82) is 0 Å².